The van der Waals surface area contributed by atoms with Crippen LogP contribution < -0.4 is 0 Å². The molecule has 12 nitrogen and oxygen atoms in total. The van der Waals surface area contributed by atoms with E-state index in [-0.39, 0.29) is 18.1 Å². The molecule has 0 atom stereocenters. The van der Waals surface area contributed by atoms with E-state index in [1.807, 2.05) is 0 Å². The van der Waals surface area contributed by atoms with Gasteiger partial charge in [-0.2, -0.15) is 0 Å². The molecule has 0 unspecified atom stereocenters. The van der Waals surface area contributed by atoms with Crippen LogP contribution in [0.3, 0.4) is 0 Å². The summed E-state index contributed by atoms with van der Waals surface area (Å²) in [6.45, 7) is 31.7. The maximum Gasteiger partial charge on any atom is 0.483 e. The lowest BCUT2D eigenvalue weighted by atomic mass is 10.1. The van der Waals surface area contributed by atoms with Crippen molar-refractivity contribution in [3.05, 3.63) is 0 Å². The summed E-state index contributed by atoms with van der Waals surface area (Å²) in [5, 5.41) is 0. The predicted octanol–water partition coefficient (Wildman–Crippen LogP) is 17.2. The van der Waals surface area contributed by atoms with E-state index in [4.69, 9.17) is 37.0 Å². The summed E-state index contributed by atoms with van der Waals surface area (Å²) in [5.74, 6) is 4.04. The van der Waals surface area contributed by atoms with Gasteiger partial charge in [-0.3, -0.25) is 0 Å². The largest absolute Gasteiger partial charge is 0.483 e. The first-order valence-electron chi connectivity index (χ1n) is 31.8. The van der Waals surface area contributed by atoms with Crippen LogP contribution in [0.25, 0.3) is 0 Å². The third-order valence-electron chi connectivity index (χ3n) is 15.2. The third kappa shape index (κ3) is 28.7. The van der Waals surface area contributed by atoms with E-state index in [1.165, 1.54) is 0 Å². The van der Waals surface area contributed by atoms with Crippen molar-refractivity contribution in [2.24, 2.45) is 41.4 Å². The highest BCUT2D eigenvalue weighted by Crippen LogP contribution is 2.49. The molecule has 3 fully saturated rings. The molecule has 0 aliphatic carbocycles. The molecule has 3 saturated heterocycles. The first-order chi connectivity index (χ1) is 35.3. The van der Waals surface area contributed by atoms with Gasteiger partial charge >= 0.3 is 61.6 Å². The summed E-state index contributed by atoms with van der Waals surface area (Å²) < 4.78 is 68.8. The molecule has 3 aliphatic rings. The minimum atomic E-state index is -4.39. The molecule has 19 heteroatoms. The van der Waals surface area contributed by atoms with Gasteiger partial charge in [-0.1, -0.05) is 232 Å². The van der Waals surface area contributed by atoms with E-state index in [2.05, 4.69) is 96.9 Å². The molecule has 3 heterocycles. The molecule has 4 bridgehead atoms. The molecule has 0 aromatic heterocycles. The van der Waals surface area contributed by atoms with Gasteiger partial charge < -0.3 is 51.4 Å². The minimum absolute atomic E-state index is 0.264. The van der Waals surface area contributed by atoms with Crippen LogP contribution in [0.2, 0.25) is 42.3 Å². The highest BCUT2D eigenvalue weighted by atomic mass is 28.6. The molecular weight excluding hydrogens is 1060 g/mol. The Morgan fingerprint density at radius 3 is 0.507 bits per heavy atom. The van der Waals surface area contributed by atoms with Crippen LogP contribution >= 0.6 is 0 Å². The number of fused-ring (bicyclic) bond motifs is 3. The van der Waals surface area contributed by atoms with E-state index in [0.717, 1.165) is 161 Å². The lowest BCUT2D eigenvalue weighted by Crippen LogP contribution is -2.82. The average molecular weight is 1180 g/mol. The maximum atomic E-state index is 13.6. The van der Waals surface area contributed by atoms with Crippen molar-refractivity contribution in [2.45, 2.75) is 319 Å². The number of rotatable bonds is 42. The highest BCUT2D eigenvalue weighted by Gasteiger charge is 2.76. The van der Waals surface area contributed by atoms with Gasteiger partial charge in [0.05, 0.1) is 0 Å². The summed E-state index contributed by atoms with van der Waals surface area (Å²) in [4.78, 5) is 40.9. The van der Waals surface area contributed by atoms with Crippen molar-refractivity contribution >= 4 is 61.6 Å². The van der Waals surface area contributed by atoms with Gasteiger partial charge in [0.25, 0.3) is 0 Å². The first-order valence-corrected chi connectivity index (χ1v) is 45.4. The fourth-order valence-electron chi connectivity index (χ4n) is 10.9. The van der Waals surface area contributed by atoms with E-state index >= 15 is 0 Å². The molecule has 0 spiro atoms. The quantitative estimate of drug-likeness (QED) is 0.0395. The molecule has 3 N–H and O–H groups in total. The number of unbranched alkanes of at least 4 members (excludes halogenated alkanes) is 14. The molecule has 0 aromatic carbocycles. The fourth-order valence-corrected chi connectivity index (χ4v) is 48.6. The van der Waals surface area contributed by atoms with Crippen LogP contribution in [0.5, 0.6) is 0 Å². The molecule has 3 aliphatic heterocycles. The van der Waals surface area contributed by atoms with Crippen LogP contribution in [0.4, 0.5) is 0 Å². The summed E-state index contributed by atoms with van der Waals surface area (Å²) >= 11 is 0. The Morgan fingerprint density at radius 1 is 0.200 bits per heavy atom. The predicted molar refractivity (Wildman–Crippen MR) is 323 cm³/mol. The second-order valence-corrected chi connectivity index (χ2v) is 47.3. The van der Waals surface area contributed by atoms with Crippen LogP contribution in [0, 0.1) is 41.4 Å². The smallest absolute Gasteiger partial charge is 0.391 e. The zero-order valence-corrected chi connectivity index (χ0v) is 58.3. The molecule has 3 rings (SSSR count). The average Bonchev–Trinajstić information content (AvgIpc) is 3.26. The molecular formula is C56H122O12Si7. The summed E-state index contributed by atoms with van der Waals surface area (Å²) in [6.07, 6.45) is 26.3. The lowest BCUT2D eigenvalue weighted by molar-refractivity contribution is 0.00690. The van der Waals surface area contributed by atoms with Gasteiger partial charge in [0.1, 0.15) is 0 Å². The summed E-state index contributed by atoms with van der Waals surface area (Å²) in [6, 6.07) is 2.37. The topological polar surface area (TPSA) is 144 Å². The van der Waals surface area contributed by atoms with E-state index in [1.54, 1.807) is 0 Å². The molecule has 446 valence electrons. The van der Waals surface area contributed by atoms with Crippen molar-refractivity contribution < 1.29 is 51.4 Å². The molecule has 0 radical (unpaired) electrons. The Kier molecular flexibility index (Phi) is 33.0. The van der Waals surface area contributed by atoms with Crippen LogP contribution in [-0.4, -0.2) is 76.0 Å². The normalized spacial score (nSPS) is 29.6. The van der Waals surface area contributed by atoms with Gasteiger partial charge in [0.2, 0.25) is 0 Å². The van der Waals surface area contributed by atoms with Crippen molar-refractivity contribution in [2.75, 3.05) is 0 Å². The first kappa shape index (κ1) is 70.3. The van der Waals surface area contributed by atoms with Crippen LogP contribution in [-0.2, 0) is 37.0 Å². The van der Waals surface area contributed by atoms with Crippen molar-refractivity contribution in [1.82, 2.24) is 0 Å². The van der Waals surface area contributed by atoms with Crippen LogP contribution in [0.1, 0.15) is 277 Å². The number of hydrogen-bond acceptors (Lipinski definition) is 12. The Bertz CT molecular complexity index is 1320. The van der Waals surface area contributed by atoms with E-state index in [0.29, 0.717) is 84.9 Å². The SMILES string of the molecule is CC(C)CCCCC[Si]1(O)O[Si]2(CCCCCC(C)C)O[Si](O)(CCCCCC(C)C)O[Si@]3(CCCCCC(C)C)O[Si@](O)(CCCCCC(C)C)O[Si@](CCCCCC(C)C)(O1)O[Si@](CCCCCC(C)C)(O2)O3. The third-order valence-corrected chi connectivity index (χ3v) is 44.6. The second-order valence-electron chi connectivity index (χ2n) is 26.7. The van der Waals surface area contributed by atoms with Gasteiger partial charge in [0.15, 0.2) is 0 Å². The monoisotopic (exact) mass is 1180 g/mol. The highest BCUT2D eigenvalue weighted by molar-refractivity contribution is 6.98. The minimum Gasteiger partial charge on any atom is -0.391 e. The lowest BCUT2D eigenvalue weighted by Gasteiger charge is -2.57. The Labute approximate surface area is 470 Å². The molecule has 75 heavy (non-hydrogen) atoms. The zero-order valence-electron chi connectivity index (χ0n) is 51.3. The molecule has 0 aromatic rings. The Balaban J connectivity index is 2.43. The number of hydrogen-bond donors (Lipinski definition) is 3. The fraction of sp³-hybridized carbons (Fsp3) is 1.00. The zero-order chi connectivity index (χ0) is 55.7. The van der Waals surface area contributed by atoms with Crippen LogP contribution in [0.15, 0.2) is 0 Å². The summed E-state index contributed by atoms with van der Waals surface area (Å²) in [7, 11) is -29.9. The Hall–Kier alpha value is 1.04. The van der Waals surface area contributed by atoms with E-state index in [9.17, 15) is 14.4 Å². The van der Waals surface area contributed by atoms with Gasteiger partial charge in [-0.15, -0.1) is 0 Å². The second kappa shape index (κ2) is 35.2. The van der Waals surface area contributed by atoms with Gasteiger partial charge in [0, 0.05) is 42.3 Å². The van der Waals surface area contributed by atoms with Gasteiger partial charge in [-0.05, 0) is 86.4 Å². The summed E-state index contributed by atoms with van der Waals surface area (Å²) in [5.41, 5.74) is 0. The maximum absolute atomic E-state index is 13.6. The van der Waals surface area contributed by atoms with Crippen molar-refractivity contribution in [3.63, 3.8) is 0 Å². The standard InChI is InChI=1S/C56H122O12Si7/c1-50(2)36-22-15-29-43-69(57)60-72(46-32-18-25-39-53(7)8)62-70(58,44-30-16-23-37-51(3)4)64-74(48-34-20-27-41-55(11)12)65-71(59,45-31-17-24-38-52(5)6)63-73(61-69,47-33-19-26-40-54(9)10)67-75(66-72,68-74)49-35-21-28-42-56(13)14/h50-59H,15-49H2,1-14H3/t69-,70?,71?,72+,73-,74?,75-. The molecule has 0 amide bonds. The van der Waals surface area contributed by atoms with Crippen molar-refractivity contribution in [1.29, 1.82) is 0 Å². The molecule has 0 saturated carbocycles. The Morgan fingerprint density at radius 2 is 0.347 bits per heavy atom. The van der Waals surface area contributed by atoms with E-state index < -0.39 is 61.6 Å². The van der Waals surface area contributed by atoms with Crippen molar-refractivity contribution in [3.8, 4) is 0 Å². The van der Waals surface area contributed by atoms with Gasteiger partial charge in [-0.25, -0.2) is 0 Å².